The van der Waals surface area contributed by atoms with E-state index in [2.05, 4.69) is 112 Å². The molecule has 23 heteroatoms. The Morgan fingerprint density at radius 3 is 1.13 bits per heavy atom. The van der Waals surface area contributed by atoms with E-state index >= 15 is 0 Å². The maximum atomic E-state index is 12.9. The summed E-state index contributed by atoms with van der Waals surface area (Å²) in [5.41, 5.74) is 11.2. The zero-order valence-electron chi connectivity index (χ0n) is 58.4. The Bertz CT molecular complexity index is 3950. The second-order valence-electron chi connectivity index (χ2n) is 25.0. The first-order chi connectivity index (χ1) is 49.3. The van der Waals surface area contributed by atoms with E-state index < -0.39 is 0 Å². The van der Waals surface area contributed by atoms with E-state index in [0.29, 0.717) is 78.0 Å². The quantitative estimate of drug-likeness (QED) is 0.0350. The van der Waals surface area contributed by atoms with Crippen LogP contribution >= 0.6 is 0 Å². The summed E-state index contributed by atoms with van der Waals surface area (Å²) in [7, 11) is 4.74. The molecule has 0 spiro atoms. The lowest BCUT2D eigenvalue weighted by atomic mass is 9.72. The fourth-order valence-electron chi connectivity index (χ4n) is 13.0. The minimum absolute atomic E-state index is 0.00974. The predicted molar refractivity (Wildman–Crippen MR) is 395 cm³/mol. The summed E-state index contributed by atoms with van der Waals surface area (Å²) < 4.78 is 25.8. The SMILES string of the molecule is C1CCOC1.CCN=C(N)N1CCC(CNC(=O)c2ccccc2OC)(c2ccccc2)CC1.COc1ccccc1C(=O)NCC1(c2ccccc2)CCN(C(=N)n2ccnc2)CC1.COc1ccccc1C(=O)NCC1(c2ccccc2)CCNCC1.N=C(n1ccnc1)n1ccnc1. The standard InChI is InChI=1S/C24H27N5O2.C23H30N4O2.C20H24N2O2.C7H7N5.C4H8O/c1-31-21-10-6-5-9-20(21)22(30)27-17-24(19-7-3-2-4-8-19)11-14-28(15-12-24)23(25)29-16-13-26-18-29;1-3-25-22(24)27-15-13-23(14-16-27,18-9-5-4-6-10-18)17-26-21(28)19-11-7-8-12-20(19)29-2;1-24-18-10-6-5-9-17(18)19(23)22-15-20(11-13-21-14-12-20)16-7-3-2-4-8-16;8-7(11-3-1-9-5-11)12-4-2-10-6-12;1-2-4-5-3-1/h2-10,13,16,18,25H,11-12,14-15,17H2,1H3,(H,27,30);4-12H,3,13-17H2,1-2H3,(H2,24,25)(H,26,28);2-10,21H,11-15H2,1H3,(H,22,23);1-6,8H;1-4H2. The summed E-state index contributed by atoms with van der Waals surface area (Å²) in [6.07, 6.45) is 23.0. The van der Waals surface area contributed by atoms with Crippen molar-refractivity contribution in [3.63, 3.8) is 0 Å². The van der Waals surface area contributed by atoms with E-state index in [1.54, 1.807) is 122 Å². The molecule has 4 saturated heterocycles. The molecule has 0 atom stereocenters. The molecule has 4 aliphatic heterocycles. The number of piperidine rings is 3. The van der Waals surface area contributed by atoms with Gasteiger partial charge < -0.3 is 55.7 Å². The number of carbonyl (C=O) groups excluding carboxylic acids is 3. The van der Waals surface area contributed by atoms with Crippen LogP contribution in [0, 0.1) is 10.8 Å². The highest BCUT2D eigenvalue weighted by molar-refractivity contribution is 5.98. The number of benzene rings is 6. The molecule has 0 saturated carbocycles. The maximum Gasteiger partial charge on any atom is 0.255 e. The van der Waals surface area contributed by atoms with Crippen molar-refractivity contribution in [2.24, 2.45) is 10.7 Å². The van der Waals surface area contributed by atoms with Crippen molar-refractivity contribution in [2.45, 2.75) is 74.5 Å². The summed E-state index contributed by atoms with van der Waals surface area (Å²) >= 11 is 0. The van der Waals surface area contributed by atoms with Gasteiger partial charge in [0.2, 0.25) is 11.9 Å². The van der Waals surface area contributed by atoms with E-state index in [9.17, 15) is 14.4 Å². The number of aliphatic imine (C=N–C) groups is 1. The van der Waals surface area contributed by atoms with Crippen molar-refractivity contribution >= 4 is 35.6 Å². The van der Waals surface area contributed by atoms with Gasteiger partial charge in [0.25, 0.3) is 17.7 Å². The highest BCUT2D eigenvalue weighted by Crippen LogP contribution is 2.38. The molecule has 0 radical (unpaired) electrons. The molecule has 101 heavy (non-hydrogen) atoms. The summed E-state index contributed by atoms with van der Waals surface area (Å²) in [5, 5.41) is 29.0. The molecule has 13 rings (SSSR count). The van der Waals surface area contributed by atoms with E-state index in [0.717, 1.165) is 91.0 Å². The van der Waals surface area contributed by atoms with Crippen LogP contribution in [0.3, 0.4) is 0 Å². The minimum Gasteiger partial charge on any atom is -0.496 e. The number of aromatic nitrogens is 6. The van der Waals surface area contributed by atoms with Crippen molar-refractivity contribution in [2.75, 3.05) is 100.0 Å². The maximum absolute atomic E-state index is 12.9. The van der Waals surface area contributed by atoms with Crippen LogP contribution in [0.5, 0.6) is 17.2 Å². The summed E-state index contributed by atoms with van der Waals surface area (Å²) in [5.74, 6) is 2.76. The van der Waals surface area contributed by atoms with E-state index in [1.165, 1.54) is 29.5 Å². The number of likely N-dealkylation sites (tertiary alicyclic amines) is 2. The normalized spacial score (nSPS) is 15.7. The van der Waals surface area contributed by atoms with Crippen LogP contribution in [0.1, 0.15) is 106 Å². The number of methoxy groups -OCH3 is 3. The Hall–Kier alpha value is -10.9. The van der Waals surface area contributed by atoms with Crippen LogP contribution in [0.4, 0.5) is 0 Å². The minimum atomic E-state index is -0.190. The molecular formula is C78H96N16O7. The van der Waals surface area contributed by atoms with Crippen LogP contribution in [0.25, 0.3) is 0 Å². The van der Waals surface area contributed by atoms with Gasteiger partial charge >= 0.3 is 0 Å². The third-order valence-corrected chi connectivity index (χ3v) is 19.0. The lowest BCUT2D eigenvalue weighted by molar-refractivity contribution is 0.0921. The highest BCUT2D eigenvalue weighted by Gasteiger charge is 2.40. The average molecular weight is 1370 g/mol. The van der Waals surface area contributed by atoms with Crippen molar-refractivity contribution in [3.8, 4) is 17.2 Å². The highest BCUT2D eigenvalue weighted by atomic mass is 16.5. The van der Waals surface area contributed by atoms with Gasteiger partial charge in [-0.2, -0.15) is 0 Å². The molecule has 4 aliphatic rings. The molecule has 0 aliphatic carbocycles. The van der Waals surface area contributed by atoms with Crippen LogP contribution in [-0.2, 0) is 21.0 Å². The number of carbonyl (C=O) groups is 3. The number of imidazole rings is 3. The summed E-state index contributed by atoms with van der Waals surface area (Å²) in [6.45, 7) is 11.4. The number of para-hydroxylation sites is 3. The molecule has 9 aromatic rings. The molecular weight excluding hydrogens is 1270 g/mol. The van der Waals surface area contributed by atoms with Gasteiger partial charge in [-0.3, -0.25) is 43.9 Å². The molecule has 6 aromatic carbocycles. The second kappa shape index (κ2) is 37.9. The number of nitrogens with two attached hydrogens (primary N) is 1. The Labute approximate surface area is 592 Å². The molecule has 4 fully saturated rings. The van der Waals surface area contributed by atoms with E-state index in [-0.39, 0.29) is 34.0 Å². The van der Waals surface area contributed by atoms with Gasteiger partial charge in [0, 0.05) is 119 Å². The molecule has 23 nitrogen and oxygen atoms in total. The monoisotopic (exact) mass is 1370 g/mol. The Morgan fingerprint density at radius 1 is 0.485 bits per heavy atom. The van der Waals surface area contributed by atoms with Gasteiger partial charge in [0.15, 0.2) is 5.96 Å². The van der Waals surface area contributed by atoms with Crippen molar-refractivity contribution in [1.82, 2.24) is 59.7 Å². The molecule has 0 unspecified atom stereocenters. The zero-order valence-corrected chi connectivity index (χ0v) is 58.4. The average Bonchev–Trinajstić information content (AvgIpc) is 1.24. The second-order valence-corrected chi connectivity index (χ2v) is 25.0. The van der Waals surface area contributed by atoms with Gasteiger partial charge in [-0.1, -0.05) is 127 Å². The number of ether oxygens (including phenoxy) is 4. The molecule has 8 N–H and O–H groups in total. The Balaban J connectivity index is 0.000000158. The smallest absolute Gasteiger partial charge is 0.255 e. The fourth-order valence-corrected chi connectivity index (χ4v) is 13.0. The third-order valence-electron chi connectivity index (χ3n) is 19.0. The zero-order chi connectivity index (χ0) is 71.1. The summed E-state index contributed by atoms with van der Waals surface area (Å²) in [6, 6.07) is 53.2. The van der Waals surface area contributed by atoms with E-state index in [4.69, 9.17) is 35.5 Å². The fraction of sp³-hybridized carbons (Fsp3) is 0.346. The van der Waals surface area contributed by atoms with Gasteiger partial charge in [-0.05, 0) is 124 Å². The first-order valence-corrected chi connectivity index (χ1v) is 34.5. The molecule has 0 bridgehead atoms. The number of rotatable bonds is 16. The first kappa shape index (κ1) is 74.3. The molecule has 530 valence electrons. The summed E-state index contributed by atoms with van der Waals surface area (Å²) in [4.78, 5) is 58.7. The number of hydrogen-bond acceptors (Lipinski definition) is 14. The van der Waals surface area contributed by atoms with Gasteiger partial charge in [0.05, 0.1) is 38.0 Å². The van der Waals surface area contributed by atoms with Crippen molar-refractivity contribution in [3.05, 3.63) is 253 Å². The largest absolute Gasteiger partial charge is 0.496 e. The van der Waals surface area contributed by atoms with Crippen LogP contribution in [0.2, 0.25) is 0 Å². The number of hydrogen-bond donors (Lipinski definition) is 7. The number of nitrogens with zero attached hydrogens (tertiary/aromatic N) is 9. The molecule has 3 amide bonds. The number of nitrogens with one attached hydrogen (secondary N) is 6. The van der Waals surface area contributed by atoms with Crippen LogP contribution in [0.15, 0.2) is 225 Å². The third kappa shape index (κ3) is 20.2. The lowest BCUT2D eigenvalue weighted by Gasteiger charge is -2.43. The Kier molecular flexibility index (Phi) is 27.9. The predicted octanol–water partition coefficient (Wildman–Crippen LogP) is 9.89. The topological polar surface area (TPSA) is 282 Å². The van der Waals surface area contributed by atoms with Gasteiger partial charge in [-0.25, -0.2) is 15.0 Å². The first-order valence-electron chi connectivity index (χ1n) is 34.5. The van der Waals surface area contributed by atoms with Gasteiger partial charge in [0.1, 0.15) is 36.2 Å². The van der Waals surface area contributed by atoms with Crippen LogP contribution in [-0.4, -0.2) is 174 Å². The van der Waals surface area contributed by atoms with E-state index in [1.807, 2.05) is 79.7 Å². The van der Waals surface area contributed by atoms with Crippen LogP contribution < -0.4 is 41.2 Å². The van der Waals surface area contributed by atoms with Crippen molar-refractivity contribution in [1.29, 1.82) is 10.8 Å². The van der Waals surface area contributed by atoms with Gasteiger partial charge in [-0.15, -0.1) is 0 Å². The lowest BCUT2D eigenvalue weighted by Crippen LogP contribution is -2.52. The number of amides is 3. The Morgan fingerprint density at radius 2 is 0.812 bits per heavy atom. The molecule has 3 aromatic heterocycles. The molecule has 7 heterocycles. The van der Waals surface area contributed by atoms with Crippen molar-refractivity contribution < 1.29 is 33.3 Å². The number of guanidine groups is 1.